The van der Waals surface area contributed by atoms with Crippen LogP contribution in [0.5, 0.6) is 0 Å². The van der Waals surface area contributed by atoms with E-state index in [1.807, 2.05) is 6.21 Å². The monoisotopic (exact) mass is 169 g/mol. The van der Waals surface area contributed by atoms with Crippen LogP contribution in [0.25, 0.3) is 0 Å². The van der Waals surface area contributed by atoms with Crippen molar-refractivity contribution in [2.24, 2.45) is 4.99 Å². The number of hydrogen-bond donors (Lipinski definition) is 0. The fraction of sp³-hybridized carbons (Fsp3) is 0.286. The summed E-state index contributed by atoms with van der Waals surface area (Å²) in [6, 6.07) is 0. The van der Waals surface area contributed by atoms with Gasteiger partial charge in [0.2, 0.25) is 0 Å². The molecule has 10 heavy (non-hydrogen) atoms. The lowest BCUT2D eigenvalue weighted by atomic mass is 10.7. The molecule has 1 nitrogen and oxygen atoms in total. The topological polar surface area (TPSA) is 12.4 Å². The van der Waals surface area contributed by atoms with Gasteiger partial charge >= 0.3 is 0 Å². The van der Waals surface area contributed by atoms with Crippen molar-refractivity contribution in [2.45, 2.75) is 4.58 Å². The fourth-order valence-corrected chi connectivity index (χ4v) is 2.29. The molecule has 0 atom stereocenters. The van der Waals surface area contributed by atoms with E-state index < -0.39 is 0 Å². The smallest absolute Gasteiger partial charge is 0.0991 e. The molecule has 0 aromatic rings. The van der Waals surface area contributed by atoms with Gasteiger partial charge in [-0.25, -0.2) is 0 Å². The van der Waals surface area contributed by atoms with E-state index in [-0.39, 0.29) is 0 Å². The Kier molecular flexibility index (Phi) is 3.48. The van der Waals surface area contributed by atoms with Gasteiger partial charge in [-0.05, 0) is 10.8 Å². The van der Waals surface area contributed by atoms with Crippen LogP contribution in [0.3, 0.4) is 0 Å². The minimum absolute atomic E-state index is 0.452. The van der Waals surface area contributed by atoms with E-state index in [0.29, 0.717) is 11.1 Å². The van der Waals surface area contributed by atoms with Crippen molar-refractivity contribution in [1.29, 1.82) is 0 Å². The molecular formula is C7H7NS2. The first kappa shape index (κ1) is 7.77. The average molecular weight is 169 g/mol. The molecule has 0 unspecified atom stereocenters. The van der Waals surface area contributed by atoms with Crippen LogP contribution in [0, 0.1) is 12.3 Å². The van der Waals surface area contributed by atoms with Crippen LogP contribution in [-0.2, 0) is 0 Å². The molecule has 3 heteroatoms. The van der Waals surface area contributed by atoms with Crippen LogP contribution in [0.4, 0.5) is 0 Å². The quantitative estimate of drug-likeness (QED) is 0.463. The average Bonchev–Trinajstić information content (AvgIpc) is 2.41. The second-order valence-electron chi connectivity index (χ2n) is 1.61. The highest BCUT2D eigenvalue weighted by molar-refractivity contribution is 8.23. The van der Waals surface area contributed by atoms with E-state index >= 15 is 0 Å². The number of hydrogen-bond acceptors (Lipinski definition) is 3. The summed E-state index contributed by atoms with van der Waals surface area (Å²) >= 11 is 3.51. The predicted octanol–water partition coefficient (Wildman–Crippen LogP) is 1.97. The third kappa shape index (κ3) is 2.51. The molecule has 0 fully saturated rings. The molecule has 1 aliphatic heterocycles. The molecule has 1 rings (SSSR count). The van der Waals surface area contributed by atoms with Crippen molar-refractivity contribution in [2.75, 3.05) is 6.54 Å². The molecule has 0 amide bonds. The van der Waals surface area contributed by atoms with E-state index in [4.69, 9.17) is 6.42 Å². The Morgan fingerprint density at radius 2 is 2.30 bits per heavy atom. The number of nitrogens with zero attached hydrogens (tertiary/aromatic N) is 1. The van der Waals surface area contributed by atoms with Gasteiger partial charge in [0.15, 0.2) is 0 Å². The minimum Gasteiger partial charge on any atom is -0.283 e. The first-order valence-corrected chi connectivity index (χ1v) is 4.71. The van der Waals surface area contributed by atoms with Crippen LogP contribution in [0.1, 0.15) is 0 Å². The molecule has 0 bridgehead atoms. The molecule has 0 aliphatic carbocycles. The molecule has 1 heterocycles. The summed E-state index contributed by atoms with van der Waals surface area (Å²) < 4.78 is 0.452. The second kappa shape index (κ2) is 4.48. The highest BCUT2D eigenvalue weighted by Gasteiger charge is 2.06. The van der Waals surface area contributed by atoms with E-state index in [2.05, 4.69) is 21.7 Å². The fourth-order valence-electron chi connectivity index (χ4n) is 0.513. The van der Waals surface area contributed by atoms with Gasteiger partial charge in [-0.2, -0.15) is 0 Å². The van der Waals surface area contributed by atoms with Crippen molar-refractivity contribution in [3.8, 4) is 12.3 Å². The van der Waals surface area contributed by atoms with Gasteiger partial charge in [-0.15, -0.1) is 29.9 Å². The van der Waals surface area contributed by atoms with Gasteiger partial charge in [0.05, 0.1) is 11.1 Å². The van der Waals surface area contributed by atoms with Gasteiger partial charge in [0, 0.05) is 6.21 Å². The molecule has 1 aliphatic rings. The Hall–Kier alpha value is -0.330. The molecule has 52 valence electrons. The maximum atomic E-state index is 5.02. The summed E-state index contributed by atoms with van der Waals surface area (Å²) in [4.78, 5) is 4.03. The van der Waals surface area contributed by atoms with Crippen LogP contribution in [0.15, 0.2) is 15.8 Å². The summed E-state index contributed by atoms with van der Waals surface area (Å²) in [5.41, 5.74) is 0. The molecule has 0 aromatic heterocycles. The van der Waals surface area contributed by atoms with Crippen molar-refractivity contribution in [1.82, 2.24) is 0 Å². The third-order valence-electron chi connectivity index (χ3n) is 0.891. The summed E-state index contributed by atoms with van der Waals surface area (Å²) in [6.07, 6.45) is 6.92. The third-order valence-corrected chi connectivity index (χ3v) is 3.10. The molecule has 0 saturated carbocycles. The Bertz CT molecular complexity index is 182. The van der Waals surface area contributed by atoms with E-state index in [0.717, 1.165) is 0 Å². The maximum Gasteiger partial charge on any atom is 0.0991 e. The predicted molar refractivity (Wildman–Crippen MR) is 50.3 cm³/mol. The number of thioether (sulfide) groups is 2. The van der Waals surface area contributed by atoms with Crippen molar-refractivity contribution >= 4 is 29.7 Å². The lowest BCUT2D eigenvalue weighted by Gasteiger charge is -1.95. The number of terminal acetylenes is 1. The molecule has 0 radical (unpaired) electrons. The molecule has 0 spiro atoms. The molecular weight excluding hydrogens is 162 g/mol. The van der Waals surface area contributed by atoms with Crippen molar-refractivity contribution < 1.29 is 0 Å². The molecule has 0 N–H and O–H groups in total. The van der Waals surface area contributed by atoms with Crippen LogP contribution >= 0.6 is 23.5 Å². The first-order chi connectivity index (χ1) is 4.93. The standard InChI is InChI=1S/C7H7NS2/c1-2-3-8-6-7-9-4-5-10-7/h1,4-7H,3H2. The van der Waals surface area contributed by atoms with Crippen LogP contribution in [-0.4, -0.2) is 17.3 Å². The number of rotatable bonds is 2. The van der Waals surface area contributed by atoms with Gasteiger partial charge in [-0.3, -0.25) is 4.99 Å². The highest BCUT2D eigenvalue weighted by Crippen LogP contribution is 2.31. The Labute approximate surface area is 69.4 Å². The van der Waals surface area contributed by atoms with Gasteiger partial charge in [0.1, 0.15) is 0 Å². The van der Waals surface area contributed by atoms with Gasteiger partial charge in [0.25, 0.3) is 0 Å². The Morgan fingerprint density at radius 3 is 2.90 bits per heavy atom. The van der Waals surface area contributed by atoms with Crippen LogP contribution < -0.4 is 0 Å². The SMILES string of the molecule is C#CCN=CC1SC=CS1. The maximum absolute atomic E-state index is 5.02. The molecule has 0 aromatic carbocycles. The lowest BCUT2D eigenvalue weighted by molar-refractivity contribution is 1.30. The lowest BCUT2D eigenvalue weighted by Crippen LogP contribution is -1.92. The highest BCUT2D eigenvalue weighted by atomic mass is 32.2. The Balaban J connectivity index is 2.20. The molecule has 0 saturated heterocycles. The summed E-state index contributed by atoms with van der Waals surface area (Å²) in [5.74, 6) is 2.45. The number of aliphatic imine (C=N–C) groups is 1. The summed E-state index contributed by atoms with van der Waals surface area (Å²) in [6.45, 7) is 0.498. The normalized spacial score (nSPS) is 18.3. The van der Waals surface area contributed by atoms with Crippen LogP contribution in [0.2, 0.25) is 0 Å². The zero-order chi connectivity index (χ0) is 7.23. The first-order valence-electron chi connectivity index (χ1n) is 2.83. The largest absolute Gasteiger partial charge is 0.283 e. The second-order valence-corrected chi connectivity index (χ2v) is 4.01. The van der Waals surface area contributed by atoms with E-state index in [9.17, 15) is 0 Å². The Morgan fingerprint density at radius 1 is 1.60 bits per heavy atom. The minimum atomic E-state index is 0.452. The van der Waals surface area contributed by atoms with E-state index in [1.54, 1.807) is 23.5 Å². The van der Waals surface area contributed by atoms with Gasteiger partial charge < -0.3 is 0 Å². The zero-order valence-corrected chi connectivity index (χ0v) is 6.99. The van der Waals surface area contributed by atoms with E-state index in [1.165, 1.54) is 0 Å². The summed E-state index contributed by atoms with van der Waals surface area (Å²) in [7, 11) is 0. The van der Waals surface area contributed by atoms with Gasteiger partial charge in [-0.1, -0.05) is 5.92 Å². The van der Waals surface area contributed by atoms with Crippen molar-refractivity contribution in [3.63, 3.8) is 0 Å². The zero-order valence-electron chi connectivity index (χ0n) is 5.36. The summed E-state index contributed by atoms with van der Waals surface area (Å²) in [5, 5.41) is 4.13. The van der Waals surface area contributed by atoms with Crippen molar-refractivity contribution in [3.05, 3.63) is 10.8 Å².